The van der Waals surface area contributed by atoms with Crippen LogP contribution in [0.25, 0.3) is 0 Å². The van der Waals surface area contributed by atoms with Gasteiger partial charge < -0.3 is 16.4 Å². The lowest BCUT2D eigenvalue weighted by Crippen LogP contribution is -2.44. The maximum Gasteiger partial charge on any atom is 0.223 e. The van der Waals surface area contributed by atoms with Gasteiger partial charge in [-0.1, -0.05) is 12.8 Å². The molecule has 22 heavy (non-hydrogen) atoms. The summed E-state index contributed by atoms with van der Waals surface area (Å²) in [4.78, 5) is 24.0. The molecule has 6 heteroatoms. The molecule has 1 atom stereocenters. The van der Waals surface area contributed by atoms with Crippen molar-refractivity contribution in [2.45, 2.75) is 82.8 Å². The van der Waals surface area contributed by atoms with Crippen LogP contribution in [0.5, 0.6) is 0 Å². The highest BCUT2D eigenvalue weighted by Crippen LogP contribution is 2.24. The zero-order valence-corrected chi connectivity index (χ0v) is 14.3. The summed E-state index contributed by atoms with van der Waals surface area (Å²) < 4.78 is 0. The maximum atomic E-state index is 12.0. The van der Waals surface area contributed by atoms with Crippen LogP contribution in [-0.4, -0.2) is 29.9 Å². The Labute approximate surface area is 139 Å². The molecule has 2 saturated carbocycles. The van der Waals surface area contributed by atoms with Crippen molar-refractivity contribution in [3.05, 3.63) is 0 Å². The molecule has 2 fully saturated rings. The minimum absolute atomic E-state index is 0. The standard InChI is InChI=1S/C16H29N3O2.ClH/c1-11(18-16(21)12-4-2-3-5-12)10-15(20)19-14-8-6-13(17)7-9-14;/h11-14H,2-10,17H2,1H3,(H,18,21)(H,19,20);1H. The Morgan fingerprint density at radius 2 is 1.68 bits per heavy atom. The quantitative estimate of drug-likeness (QED) is 0.719. The third-order valence-corrected chi connectivity index (χ3v) is 4.74. The molecule has 5 nitrogen and oxygen atoms in total. The van der Waals surface area contributed by atoms with E-state index in [-0.39, 0.29) is 42.2 Å². The van der Waals surface area contributed by atoms with E-state index >= 15 is 0 Å². The Bertz CT molecular complexity index is 364. The molecule has 2 aliphatic carbocycles. The fourth-order valence-corrected chi connectivity index (χ4v) is 3.43. The molecule has 1 unspecified atom stereocenters. The van der Waals surface area contributed by atoms with Crippen molar-refractivity contribution >= 4 is 24.2 Å². The third-order valence-electron chi connectivity index (χ3n) is 4.74. The Kier molecular flexibility index (Phi) is 8.18. The maximum absolute atomic E-state index is 12.0. The van der Waals surface area contributed by atoms with Crippen LogP contribution in [0.2, 0.25) is 0 Å². The van der Waals surface area contributed by atoms with Crippen LogP contribution in [0.15, 0.2) is 0 Å². The van der Waals surface area contributed by atoms with Gasteiger partial charge in [-0.2, -0.15) is 0 Å². The predicted octanol–water partition coefficient (Wildman–Crippen LogP) is 1.88. The number of amides is 2. The van der Waals surface area contributed by atoms with Gasteiger partial charge in [-0.25, -0.2) is 0 Å². The topological polar surface area (TPSA) is 84.2 Å². The van der Waals surface area contributed by atoms with Gasteiger partial charge in [0.05, 0.1) is 0 Å². The highest BCUT2D eigenvalue weighted by Gasteiger charge is 2.25. The van der Waals surface area contributed by atoms with E-state index in [0.29, 0.717) is 12.5 Å². The fourth-order valence-electron chi connectivity index (χ4n) is 3.43. The molecule has 0 aromatic rings. The molecule has 0 spiro atoms. The molecule has 128 valence electrons. The van der Waals surface area contributed by atoms with Gasteiger partial charge in [0.15, 0.2) is 0 Å². The minimum atomic E-state index is -0.0936. The van der Waals surface area contributed by atoms with Crippen LogP contribution in [0.4, 0.5) is 0 Å². The smallest absolute Gasteiger partial charge is 0.223 e. The lowest BCUT2D eigenvalue weighted by molar-refractivity contribution is -0.126. The zero-order chi connectivity index (χ0) is 15.2. The van der Waals surface area contributed by atoms with Crippen LogP contribution < -0.4 is 16.4 Å². The molecular weight excluding hydrogens is 302 g/mol. The van der Waals surface area contributed by atoms with Crippen molar-refractivity contribution in [3.63, 3.8) is 0 Å². The van der Waals surface area contributed by atoms with Crippen LogP contribution in [0.1, 0.15) is 64.7 Å². The largest absolute Gasteiger partial charge is 0.353 e. The summed E-state index contributed by atoms with van der Waals surface area (Å²) >= 11 is 0. The molecule has 2 aliphatic rings. The summed E-state index contributed by atoms with van der Waals surface area (Å²) in [5.74, 6) is 0.321. The summed E-state index contributed by atoms with van der Waals surface area (Å²) in [5.41, 5.74) is 5.86. The Morgan fingerprint density at radius 1 is 1.09 bits per heavy atom. The third kappa shape index (κ3) is 6.13. The van der Waals surface area contributed by atoms with E-state index in [1.807, 2.05) is 6.92 Å². The summed E-state index contributed by atoms with van der Waals surface area (Å²) in [6, 6.07) is 0.460. The van der Waals surface area contributed by atoms with Crippen molar-refractivity contribution in [2.75, 3.05) is 0 Å². The van der Waals surface area contributed by atoms with E-state index in [2.05, 4.69) is 10.6 Å². The molecule has 0 radical (unpaired) electrons. The number of carbonyl (C=O) groups excluding carboxylic acids is 2. The zero-order valence-electron chi connectivity index (χ0n) is 13.5. The summed E-state index contributed by atoms with van der Waals surface area (Å²) in [5, 5.41) is 6.04. The lowest BCUT2D eigenvalue weighted by atomic mass is 9.91. The number of halogens is 1. The molecule has 4 N–H and O–H groups in total. The number of rotatable bonds is 5. The molecule has 0 aromatic heterocycles. The van der Waals surface area contributed by atoms with Gasteiger partial charge in [0.2, 0.25) is 11.8 Å². The van der Waals surface area contributed by atoms with Crippen LogP contribution >= 0.6 is 12.4 Å². The van der Waals surface area contributed by atoms with Gasteiger partial charge in [0.25, 0.3) is 0 Å². The van der Waals surface area contributed by atoms with E-state index in [0.717, 1.165) is 51.4 Å². The minimum Gasteiger partial charge on any atom is -0.353 e. The van der Waals surface area contributed by atoms with E-state index in [1.54, 1.807) is 0 Å². The first-order valence-electron chi connectivity index (χ1n) is 8.40. The van der Waals surface area contributed by atoms with Gasteiger partial charge >= 0.3 is 0 Å². The number of nitrogens with two attached hydrogens (primary N) is 1. The number of hydrogen-bond acceptors (Lipinski definition) is 3. The van der Waals surface area contributed by atoms with Gasteiger partial charge in [-0.15, -0.1) is 12.4 Å². The van der Waals surface area contributed by atoms with E-state index in [9.17, 15) is 9.59 Å². The predicted molar refractivity (Wildman–Crippen MR) is 89.8 cm³/mol. The first kappa shape index (κ1) is 19.2. The van der Waals surface area contributed by atoms with Crippen LogP contribution in [0, 0.1) is 5.92 Å². The molecule has 0 aliphatic heterocycles. The SMILES string of the molecule is CC(CC(=O)NC1CCC(N)CC1)NC(=O)C1CCCC1.Cl. The van der Waals surface area contributed by atoms with Gasteiger partial charge in [-0.3, -0.25) is 9.59 Å². The normalized spacial score (nSPS) is 26.8. The molecule has 2 amide bonds. The summed E-state index contributed by atoms with van der Waals surface area (Å²) in [6.45, 7) is 1.91. The average molecular weight is 332 g/mol. The van der Waals surface area contributed by atoms with E-state index in [4.69, 9.17) is 5.73 Å². The molecule has 0 heterocycles. The lowest BCUT2D eigenvalue weighted by Gasteiger charge is -2.27. The van der Waals surface area contributed by atoms with Gasteiger partial charge in [0, 0.05) is 30.5 Å². The molecular formula is C16H30ClN3O2. The van der Waals surface area contributed by atoms with Crippen molar-refractivity contribution in [1.82, 2.24) is 10.6 Å². The Balaban J connectivity index is 0.00000242. The van der Waals surface area contributed by atoms with Crippen LogP contribution in [-0.2, 0) is 9.59 Å². The summed E-state index contributed by atoms with van der Waals surface area (Å²) in [7, 11) is 0. The number of hydrogen-bond donors (Lipinski definition) is 3. The molecule has 0 bridgehead atoms. The summed E-state index contributed by atoms with van der Waals surface area (Å²) in [6.07, 6.45) is 8.55. The second kappa shape index (κ2) is 9.36. The van der Waals surface area contributed by atoms with Gasteiger partial charge in [-0.05, 0) is 45.4 Å². The Hall–Kier alpha value is -0.810. The highest BCUT2D eigenvalue weighted by atomic mass is 35.5. The number of nitrogens with one attached hydrogen (secondary N) is 2. The van der Waals surface area contributed by atoms with Crippen molar-refractivity contribution < 1.29 is 9.59 Å². The Morgan fingerprint density at radius 3 is 2.27 bits per heavy atom. The molecule has 2 rings (SSSR count). The van der Waals surface area contributed by atoms with Crippen molar-refractivity contribution in [3.8, 4) is 0 Å². The first-order valence-corrected chi connectivity index (χ1v) is 8.40. The number of carbonyl (C=O) groups is 2. The van der Waals surface area contributed by atoms with E-state index in [1.165, 1.54) is 0 Å². The second-order valence-electron chi connectivity index (χ2n) is 6.77. The van der Waals surface area contributed by atoms with Crippen molar-refractivity contribution in [1.29, 1.82) is 0 Å². The molecule has 0 aromatic carbocycles. The van der Waals surface area contributed by atoms with Crippen molar-refractivity contribution in [2.24, 2.45) is 11.7 Å². The molecule has 0 saturated heterocycles. The average Bonchev–Trinajstić information content (AvgIpc) is 2.95. The monoisotopic (exact) mass is 331 g/mol. The highest BCUT2D eigenvalue weighted by molar-refractivity contribution is 5.85. The van der Waals surface area contributed by atoms with Gasteiger partial charge in [0.1, 0.15) is 0 Å². The van der Waals surface area contributed by atoms with E-state index < -0.39 is 0 Å². The first-order chi connectivity index (χ1) is 10.0. The van der Waals surface area contributed by atoms with Crippen LogP contribution in [0.3, 0.4) is 0 Å². The fraction of sp³-hybridized carbons (Fsp3) is 0.875. The second-order valence-corrected chi connectivity index (χ2v) is 6.77.